The van der Waals surface area contributed by atoms with Gasteiger partial charge in [0, 0.05) is 42.3 Å². The third kappa shape index (κ3) is 6.57. The molecule has 1 atom stereocenters. The first-order chi connectivity index (χ1) is 21.0. The van der Waals surface area contributed by atoms with Gasteiger partial charge < -0.3 is 19.5 Å². The molecule has 1 aromatic carbocycles. The lowest BCUT2D eigenvalue weighted by molar-refractivity contribution is -0.160. The van der Waals surface area contributed by atoms with Gasteiger partial charge in [-0.3, -0.25) is 0 Å². The van der Waals surface area contributed by atoms with Gasteiger partial charge in [0.2, 0.25) is 0 Å². The normalized spacial score (nSPS) is 18.7. The molecular weight excluding hydrogens is 574 g/mol. The lowest BCUT2D eigenvalue weighted by Crippen LogP contribution is -2.45. The molecule has 6 heterocycles. The number of thiazole rings is 1. The predicted molar refractivity (Wildman–Crippen MR) is 173 cm³/mol. The first-order valence-electron chi connectivity index (χ1n) is 15.4. The summed E-state index contributed by atoms with van der Waals surface area (Å²) >= 11 is 1.63. The van der Waals surface area contributed by atoms with E-state index in [-0.39, 0.29) is 5.60 Å². The Morgan fingerprint density at radius 2 is 1.93 bits per heavy atom. The van der Waals surface area contributed by atoms with Crippen LogP contribution in [0.2, 0.25) is 0 Å². The molecule has 0 spiro atoms. The van der Waals surface area contributed by atoms with Crippen LogP contribution in [0.4, 0.5) is 5.82 Å². The number of allylic oxidation sites excluding steroid dienone is 1. The fourth-order valence-electron chi connectivity index (χ4n) is 6.04. The first kappa shape index (κ1) is 30.4. The van der Waals surface area contributed by atoms with E-state index in [0.717, 1.165) is 42.0 Å². The number of piperidine rings is 1. The molecule has 1 saturated heterocycles. The zero-order valence-corrected chi connectivity index (χ0v) is 27.0. The second-order valence-corrected chi connectivity index (χ2v) is 14.2. The number of aryl methyl sites for hydroxylation is 2. The molecule has 1 fully saturated rings. The Hall–Kier alpha value is -3.60. The van der Waals surface area contributed by atoms with Gasteiger partial charge in [0.1, 0.15) is 16.5 Å². The van der Waals surface area contributed by atoms with Gasteiger partial charge in [-0.15, -0.1) is 11.3 Å². The molecule has 0 aliphatic carbocycles. The summed E-state index contributed by atoms with van der Waals surface area (Å²) in [5, 5.41) is 16.2. The number of aliphatic carboxylic acids is 1. The maximum Gasteiger partial charge on any atom is 0.337 e. The molecule has 3 aromatic heterocycles. The number of carbonyl (C=O) groups is 1. The molecule has 0 radical (unpaired) electrons. The van der Waals surface area contributed by atoms with Crippen LogP contribution in [0.3, 0.4) is 0 Å². The lowest BCUT2D eigenvalue weighted by Gasteiger charge is -2.41. The summed E-state index contributed by atoms with van der Waals surface area (Å²) in [4.78, 5) is 25.7. The van der Waals surface area contributed by atoms with Gasteiger partial charge in [-0.25, -0.2) is 14.8 Å². The molecule has 9 nitrogen and oxygen atoms in total. The van der Waals surface area contributed by atoms with Gasteiger partial charge in [0.05, 0.1) is 23.4 Å². The van der Waals surface area contributed by atoms with E-state index in [4.69, 9.17) is 24.5 Å². The van der Waals surface area contributed by atoms with Crippen molar-refractivity contribution < 1.29 is 19.4 Å². The molecule has 3 aliphatic rings. The number of anilines is 1. The van der Waals surface area contributed by atoms with Gasteiger partial charge in [-0.1, -0.05) is 36.4 Å². The summed E-state index contributed by atoms with van der Waals surface area (Å²) in [7, 11) is 0. The Morgan fingerprint density at radius 1 is 1.16 bits per heavy atom. The third-order valence-electron chi connectivity index (χ3n) is 8.32. The Morgan fingerprint density at radius 3 is 2.68 bits per heavy atom. The summed E-state index contributed by atoms with van der Waals surface area (Å²) in [5.74, 6) is -0.349. The molecule has 44 heavy (non-hydrogen) atoms. The minimum Gasteiger partial charge on any atom is -0.479 e. The number of ether oxygens (including phenoxy) is 2. The number of nitrogens with zero attached hydrogens (tertiary/aromatic N) is 5. The minimum atomic E-state index is -1.21. The van der Waals surface area contributed by atoms with Crippen molar-refractivity contribution in [1.82, 2.24) is 19.6 Å². The summed E-state index contributed by atoms with van der Waals surface area (Å²) in [6.45, 7) is 11.6. The fraction of sp³-hybridized carbons (Fsp3) is 0.471. The van der Waals surface area contributed by atoms with E-state index in [2.05, 4.69) is 48.2 Å². The van der Waals surface area contributed by atoms with Crippen LogP contribution in [0.5, 0.6) is 0 Å². The number of hydrogen-bond acceptors (Lipinski definition) is 8. The van der Waals surface area contributed by atoms with Crippen LogP contribution in [0.1, 0.15) is 80.3 Å². The average Bonchev–Trinajstić information content (AvgIpc) is 3.60. The van der Waals surface area contributed by atoms with Crippen LogP contribution in [-0.2, 0) is 27.1 Å². The number of aromatic nitrogens is 4. The van der Waals surface area contributed by atoms with Crippen molar-refractivity contribution in [3.05, 3.63) is 75.9 Å². The van der Waals surface area contributed by atoms with Crippen LogP contribution in [-0.4, -0.2) is 61.6 Å². The molecule has 3 aliphatic heterocycles. The highest BCUT2D eigenvalue weighted by atomic mass is 32.1. The Kier molecular flexibility index (Phi) is 8.34. The number of carboxylic acids is 1. The molecule has 7 rings (SSSR count). The van der Waals surface area contributed by atoms with E-state index in [9.17, 15) is 9.90 Å². The van der Waals surface area contributed by atoms with Gasteiger partial charge in [-0.05, 0) is 71.4 Å². The Labute approximate surface area is 262 Å². The Balaban J connectivity index is 1.47. The van der Waals surface area contributed by atoms with Crippen LogP contribution < -0.4 is 4.90 Å². The second kappa shape index (κ2) is 12.1. The number of carboxylic acid groups (broad SMARTS) is 1. The van der Waals surface area contributed by atoms with Crippen LogP contribution in [0, 0.1) is 6.92 Å². The van der Waals surface area contributed by atoms with E-state index in [1.54, 1.807) is 15.9 Å². The van der Waals surface area contributed by atoms with Crippen molar-refractivity contribution in [2.45, 2.75) is 84.0 Å². The van der Waals surface area contributed by atoms with Gasteiger partial charge >= 0.3 is 5.97 Å². The van der Waals surface area contributed by atoms with Gasteiger partial charge in [-0.2, -0.15) is 9.61 Å². The average molecular weight is 616 g/mol. The minimum absolute atomic E-state index is 0.282. The van der Waals surface area contributed by atoms with E-state index in [1.807, 2.05) is 40.0 Å². The van der Waals surface area contributed by atoms with E-state index in [0.29, 0.717) is 48.1 Å². The van der Waals surface area contributed by atoms with Crippen molar-refractivity contribution >= 4 is 28.8 Å². The molecule has 1 N–H and O–H groups in total. The van der Waals surface area contributed by atoms with E-state index in [1.165, 1.54) is 11.1 Å². The molecule has 0 unspecified atom stereocenters. The Bertz CT molecular complexity index is 1690. The maximum atomic E-state index is 12.7. The highest BCUT2D eigenvalue weighted by Gasteiger charge is 2.37. The van der Waals surface area contributed by atoms with Gasteiger partial charge in [0.25, 0.3) is 0 Å². The monoisotopic (exact) mass is 615 g/mol. The molecule has 232 valence electrons. The first-order valence-corrected chi connectivity index (χ1v) is 16.2. The quantitative estimate of drug-likeness (QED) is 0.258. The lowest BCUT2D eigenvalue weighted by atomic mass is 9.92. The SMILES string of the molecule is Cc1nc2cc3nn2c(c1[C@H](OC(C)(C)C)C(=O)O)N1CCC(C)(CC1)OC/C=C\CCc1cccc(c1)Cc1cnc-3s1. The van der Waals surface area contributed by atoms with E-state index >= 15 is 0 Å². The van der Waals surface area contributed by atoms with Crippen LogP contribution in [0.25, 0.3) is 16.3 Å². The fourth-order valence-corrected chi connectivity index (χ4v) is 6.94. The summed E-state index contributed by atoms with van der Waals surface area (Å²) in [6.07, 6.45) is 9.39. The zero-order chi connectivity index (χ0) is 31.1. The summed E-state index contributed by atoms with van der Waals surface area (Å²) in [5.41, 5.74) is 4.12. The molecule has 10 heteroatoms. The molecular formula is C34H41N5O4S. The smallest absolute Gasteiger partial charge is 0.337 e. The van der Waals surface area contributed by atoms with Crippen molar-refractivity contribution in [2.24, 2.45) is 0 Å². The van der Waals surface area contributed by atoms with Crippen LogP contribution in [0.15, 0.2) is 48.7 Å². The van der Waals surface area contributed by atoms with Crippen LogP contribution >= 0.6 is 11.3 Å². The molecule has 0 amide bonds. The molecule has 4 aromatic rings. The second-order valence-electron chi connectivity index (χ2n) is 13.1. The van der Waals surface area contributed by atoms with Crippen molar-refractivity contribution in [3.63, 3.8) is 0 Å². The molecule has 0 saturated carbocycles. The maximum absolute atomic E-state index is 12.7. The predicted octanol–water partition coefficient (Wildman–Crippen LogP) is 6.57. The standard InChI is InChI=1S/C34H41N5O4S/c1-22-28(29(32(40)41)43-33(2,3)4)31-38-15-13-34(5,14-16-38)42-17-8-6-7-10-23-11-9-12-24(18-23)19-25-21-35-30(44-25)26-20-27(36-22)39(31)37-26/h6,8-9,11-12,18,20-21,29H,7,10,13-17,19H2,1-5H3,(H,40,41)/b8-6-/t29-/m0/s1. The van der Waals surface area contributed by atoms with Crippen molar-refractivity contribution in [3.8, 4) is 10.7 Å². The summed E-state index contributed by atoms with van der Waals surface area (Å²) < 4.78 is 14.4. The number of fused-ring (bicyclic) bond motifs is 6. The number of benzene rings is 1. The third-order valence-corrected chi connectivity index (χ3v) is 9.34. The molecule has 8 bridgehead atoms. The van der Waals surface area contributed by atoms with Crippen molar-refractivity contribution in [2.75, 3.05) is 24.6 Å². The van der Waals surface area contributed by atoms with Crippen molar-refractivity contribution in [1.29, 1.82) is 0 Å². The van der Waals surface area contributed by atoms with E-state index < -0.39 is 17.7 Å². The van der Waals surface area contributed by atoms with Gasteiger partial charge in [0.15, 0.2) is 11.8 Å². The highest BCUT2D eigenvalue weighted by molar-refractivity contribution is 7.15. The summed E-state index contributed by atoms with van der Waals surface area (Å²) in [6, 6.07) is 10.7. The largest absolute Gasteiger partial charge is 0.479 e. The number of hydrogen-bond donors (Lipinski definition) is 1. The number of rotatable bonds is 3. The highest BCUT2D eigenvalue weighted by Crippen LogP contribution is 2.38. The zero-order valence-electron chi connectivity index (χ0n) is 26.2. The topological polar surface area (TPSA) is 102 Å².